The molecule has 0 aliphatic heterocycles. The maximum atomic E-state index is 11.9. The number of urea groups is 1. The van der Waals surface area contributed by atoms with E-state index in [2.05, 4.69) is 20.7 Å². The molecule has 0 unspecified atom stereocenters. The fourth-order valence-corrected chi connectivity index (χ4v) is 2.30. The number of ether oxygens (including phenoxy) is 1. The van der Waals surface area contributed by atoms with Gasteiger partial charge in [-0.25, -0.2) is 14.5 Å². The summed E-state index contributed by atoms with van der Waals surface area (Å²) in [5, 5.41) is 9.69. The van der Waals surface area contributed by atoms with Crippen molar-refractivity contribution in [3.63, 3.8) is 0 Å². The first-order valence-corrected chi connectivity index (χ1v) is 7.82. The van der Waals surface area contributed by atoms with Crippen LogP contribution in [0.15, 0.2) is 61.2 Å². The minimum absolute atomic E-state index is 0.253. The first-order chi connectivity index (χ1) is 12.2. The summed E-state index contributed by atoms with van der Waals surface area (Å²) in [6, 6.07) is 14.9. The Morgan fingerprint density at radius 3 is 2.44 bits per heavy atom. The minimum Gasteiger partial charge on any atom is -0.497 e. The predicted octanol–water partition coefficient (Wildman–Crippen LogP) is 2.66. The minimum atomic E-state index is -0.253. The summed E-state index contributed by atoms with van der Waals surface area (Å²) < 4.78 is 6.84. The quantitative estimate of drug-likeness (QED) is 0.724. The highest BCUT2D eigenvalue weighted by molar-refractivity contribution is 5.89. The summed E-state index contributed by atoms with van der Waals surface area (Å²) >= 11 is 0. The van der Waals surface area contributed by atoms with E-state index in [4.69, 9.17) is 4.74 Å². The highest BCUT2D eigenvalue weighted by Gasteiger charge is 2.03. The largest absolute Gasteiger partial charge is 0.497 e. The summed E-state index contributed by atoms with van der Waals surface area (Å²) in [6.07, 6.45) is 3.19. The third-order valence-corrected chi connectivity index (χ3v) is 3.64. The lowest BCUT2D eigenvalue weighted by atomic mass is 10.1. The van der Waals surface area contributed by atoms with Gasteiger partial charge in [0.25, 0.3) is 0 Å². The van der Waals surface area contributed by atoms with Crippen LogP contribution in [0.25, 0.3) is 0 Å². The van der Waals surface area contributed by atoms with E-state index in [-0.39, 0.29) is 6.03 Å². The first kappa shape index (κ1) is 16.5. The van der Waals surface area contributed by atoms with Gasteiger partial charge in [0.15, 0.2) is 0 Å². The summed E-state index contributed by atoms with van der Waals surface area (Å²) in [4.78, 5) is 15.9. The van der Waals surface area contributed by atoms with E-state index in [9.17, 15) is 4.79 Å². The Balaban J connectivity index is 1.48. The fraction of sp³-hybridized carbons (Fsp3) is 0.167. The van der Waals surface area contributed by atoms with Gasteiger partial charge < -0.3 is 15.4 Å². The molecule has 3 rings (SSSR count). The number of rotatable bonds is 6. The van der Waals surface area contributed by atoms with Gasteiger partial charge in [0.2, 0.25) is 0 Å². The number of hydrogen-bond acceptors (Lipinski definition) is 4. The Hall–Kier alpha value is -3.35. The van der Waals surface area contributed by atoms with E-state index in [1.807, 2.05) is 24.3 Å². The van der Waals surface area contributed by atoms with E-state index in [1.54, 1.807) is 42.4 Å². The molecule has 25 heavy (non-hydrogen) atoms. The zero-order valence-corrected chi connectivity index (χ0v) is 13.8. The molecule has 0 aliphatic carbocycles. The molecule has 0 spiro atoms. The molecule has 0 saturated carbocycles. The van der Waals surface area contributed by atoms with Gasteiger partial charge in [0, 0.05) is 12.2 Å². The molecule has 0 atom stereocenters. The van der Waals surface area contributed by atoms with Crippen molar-refractivity contribution >= 4 is 11.7 Å². The number of nitrogens with zero attached hydrogens (tertiary/aromatic N) is 3. The number of benzene rings is 2. The molecule has 3 aromatic rings. The van der Waals surface area contributed by atoms with E-state index in [0.717, 1.165) is 16.9 Å². The molecule has 2 N–H and O–H groups in total. The second kappa shape index (κ2) is 7.96. The highest BCUT2D eigenvalue weighted by atomic mass is 16.5. The molecule has 128 valence electrons. The molecule has 0 radical (unpaired) electrons. The van der Waals surface area contributed by atoms with Gasteiger partial charge in [-0.05, 0) is 35.4 Å². The van der Waals surface area contributed by atoms with Crippen molar-refractivity contribution in [3.05, 3.63) is 72.3 Å². The van der Waals surface area contributed by atoms with Crippen molar-refractivity contribution in [1.82, 2.24) is 20.1 Å². The van der Waals surface area contributed by atoms with Crippen LogP contribution in [0.2, 0.25) is 0 Å². The molecule has 0 aliphatic rings. The SMILES string of the molecule is COc1ccc(NC(=O)NCc2ccc(Cn3cncn3)cc2)cc1. The first-order valence-electron chi connectivity index (χ1n) is 7.82. The van der Waals surface area contributed by atoms with Gasteiger partial charge >= 0.3 is 6.03 Å². The smallest absolute Gasteiger partial charge is 0.319 e. The molecule has 0 fully saturated rings. The van der Waals surface area contributed by atoms with Crippen LogP contribution < -0.4 is 15.4 Å². The van der Waals surface area contributed by atoms with Gasteiger partial charge in [0.1, 0.15) is 18.4 Å². The average molecular weight is 337 g/mol. The molecule has 7 nitrogen and oxygen atoms in total. The second-order valence-corrected chi connectivity index (χ2v) is 5.45. The molecule has 2 aromatic carbocycles. The number of methoxy groups -OCH3 is 1. The number of nitrogens with one attached hydrogen (secondary N) is 2. The van der Waals surface area contributed by atoms with Crippen LogP contribution in [0.3, 0.4) is 0 Å². The van der Waals surface area contributed by atoms with Crippen molar-refractivity contribution in [3.8, 4) is 5.75 Å². The average Bonchev–Trinajstić information content (AvgIpc) is 3.15. The normalized spacial score (nSPS) is 10.3. The maximum Gasteiger partial charge on any atom is 0.319 e. The lowest BCUT2D eigenvalue weighted by Crippen LogP contribution is -2.28. The van der Waals surface area contributed by atoms with Gasteiger partial charge in [-0.15, -0.1) is 0 Å². The summed E-state index contributed by atoms with van der Waals surface area (Å²) in [7, 11) is 1.60. The Morgan fingerprint density at radius 2 is 1.80 bits per heavy atom. The van der Waals surface area contributed by atoms with Gasteiger partial charge in [-0.1, -0.05) is 24.3 Å². The van der Waals surface area contributed by atoms with Crippen molar-refractivity contribution in [2.24, 2.45) is 0 Å². The zero-order valence-electron chi connectivity index (χ0n) is 13.8. The van der Waals surface area contributed by atoms with Crippen LogP contribution in [0.4, 0.5) is 10.5 Å². The topological polar surface area (TPSA) is 81.1 Å². The molecule has 1 heterocycles. The van der Waals surface area contributed by atoms with Crippen molar-refractivity contribution in [1.29, 1.82) is 0 Å². The molecule has 1 aromatic heterocycles. The maximum absolute atomic E-state index is 11.9. The van der Waals surface area contributed by atoms with Crippen LogP contribution in [0.5, 0.6) is 5.75 Å². The number of aromatic nitrogens is 3. The highest BCUT2D eigenvalue weighted by Crippen LogP contribution is 2.14. The number of hydrogen-bond donors (Lipinski definition) is 2. The fourth-order valence-electron chi connectivity index (χ4n) is 2.30. The van der Waals surface area contributed by atoms with Crippen LogP contribution in [-0.4, -0.2) is 27.9 Å². The van der Waals surface area contributed by atoms with E-state index in [1.165, 1.54) is 6.33 Å². The van der Waals surface area contributed by atoms with E-state index < -0.39 is 0 Å². The Kier molecular flexibility index (Phi) is 5.26. The van der Waals surface area contributed by atoms with Gasteiger partial charge in [-0.2, -0.15) is 5.10 Å². The number of carbonyl (C=O) groups excluding carboxylic acids is 1. The second-order valence-electron chi connectivity index (χ2n) is 5.45. The van der Waals surface area contributed by atoms with Gasteiger partial charge in [0.05, 0.1) is 13.7 Å². The Morgan fingerprint density at radius 1 is 1.08 bits per heavy atom. The van der Waals surface area contributed by atoms with Crippen molar-refractivity contribution in [2.45, 2.75) is 13.1 Å². The Bertz CT molecular complexity index is 798. The predicted molar refractivity (Wildman–Crippen MR) is 94.4 cm³/mol. The van der Waals surface area contributed by atoms with Crippen LogP contribution in [0, 0.1) is 0 Å². The molecule has 0 bridgehead atoms. The van der Waals surface area contributed by atoms with Crippen molar-refractivity contribution < 1.29 is 9.53 Å². The molecular formula is C18H19N5O2. The summed E-state index contributed by atoms with van der Waals surface area (Å²) in [5.41, 5.74) is 2.85. The third kappa shape index (κ3) is 4.81. The lowest BCUT2D eigenvalue weighted by molar-refractivity contribution is 0.251. The summed E-state index contributed by atoms with van der Waals surface area (Å²) in [5.74, 6) is 0.747. The lowest BCUT2D eigenvalue weighted by Gasteiger charge is -2.09. The molecule has 0 saturated heterocycles. The van der Waals surface area contributed by atoms with Crippen LogP contribution in [0.1, 0.15) is 11.1 Å². The number of amides is 2. The van der Waals surface area contributed by atoms with Gasteiger partial charge in [-0.3, -0.25) is 0 Å². The Labute approximate surface area is 145 Å². The van der Waals surface area contributed by atoms with Crippen molar-refractivity contribution in [2.75, 3.05) is 12.4 Å². The number of carbonyl (C=O) groups is 1. The zero-order chi connectivity index (χ0) is 17.5. The van der Waals surface area contributed by atoms with E-state index >= 15 is 0 Å². The number of anilines is 1. The van der Waals surface area contributed by atoms with Crippen LogP contribution >= 0.6 is 0 Å². The summed E-state index contributed by atoms with van der Waals surface area (Å²) in [6.45, 7) is 1.12. The van der Waals surface area contributed by atoms with E-state index in [0.29, 0.717) is 18.8 Å². The monoisotopic (exact) mass is 337 g/mol. The molecule has 2 amide bonds. The molecule has 7 heteroatoms. The standard InChI is InChI=1S/C18H19N5O2/c1-25-17-8-6-16(7-9-17)22-18(24)20-10-14-2-4-15(5-3-14)11-23-13-19-12-21-23/h2-9,12-13H,10-11H2,1H3,(H2,20,22,24). The third-order valence-electron chi connectivity index (χ3n) is 3.64. The van der Waals surface area contributed by atoms with Crippen LogP contribution in [-0.2, 0) is 13.1 Å². The molecular weight excluding hydrogens is 318 g/mol.